The Morgan fingerprint density at radius 1 is 1.45 bits per heavy atom. The maximum absolute atomic E-state index is 5.94. The highest BCUT2D eigenvalue weighted by Crippen LogP contribution is 2.26. The van der Waals surface area contributed by atoms with Crippen LogP contribution < -0.4 is 10.6 Å². The van der Waals surface area contributed by atoms with Gasteiger partial charge in [-0.1, -0.05) is 22.0 Å². The maximum atomic E-state index is 5.94. The Labute approximate surface area is 128 Å². The van der Waals surface area contributed by atoms with Gasteiger partial charge in [0.2, 0.25) is 0 Å². The number of imidazole rings is 1. The van der Waals surface area contributed by atoms with Gasteiger partial charge in [0.25, 0.3) is 0 Å². The Balaban J connectivity index is 2.25. The molecule has 0 aliphatic rings. The molecule has 5 heteroatoms. The molecular formula is C15H21BrN4. The third-order valence-electron chi connectivity index (χ3n) is 3.30. The minimum Gasteiger partial charge on any atom is -0.367 e. The highest BCUT2D eigenvalue weighted by Gasteiger charge is 2.12. The summed E-state index contributed by atoms with van der Waals surface area (Å²) in [6, 6.07) is 6.49. The first-order valence-corrected chi connectivity index (χ1v) is 7.48. The lowest BCUT2D eigenvalue weighted by Crippen LogP contribution is -2.23. The van der Waals surface area contributed by atoms with Crippen molar-refractivity contribution < 1.29 is 0 Å². The van der Waals surface area contributed by atoms with E-state index in [0.29, 0.717) is 0 Å². The monoisotopic (exact) mass is 336 g/mol. The molecule has 1 heterocycles. The molecule has 108 valence electrons. The smallest absolute Gasteiger partial charge is 0.127 e. The molecule has 0 aliphatic heterocycles. The van der Waals surface area contributed by atoms with Gasteiger partial charge in [0, 0.05) is 42.7 Å². The lowest BCUT2D eigenvalue weighted by molar-refractivity contribution is 0.725. The predicted molar refractivity (Wildman–Crippen MR) is 86.8 cm³/mol. The van der Waals surface area contributed by atoms with Gasteiger partial charge in [-0.3, -0.25) is 0 Å². The molecule has 0 spiro atoms. The summed E-state index contributed by atoms with van der Waals surface area (Å²) in [6.07, 6.45) is 4.66. The maximum Gasteiger partial charge on any atom is 0.127 e. The van der Waals surface area contributed by atoms with E-state index in [1.165, 1.54) is 11.3 Å². The van der Waals surface area contributed by atoms with E-state index in [1.807, 2.05) is 30.9 Å². The standard InChI is InChI=1S/C15H21BrN4/c1-11(17)8-12-4-5-13(16)9-14(12)20(3)10-15-18-6-7-19(15)2/h4-7,9,11H,8,10,17H2,1-3H3. The summed E-state index contributed by atoms with van der Waals surface area (Å²) in [4.78, 5) is 6.59. The van der Waals surface area contributed by atoms with Crippen LogP contribution in [0.2, 0.25) is 0 Å². The van der Waals surface area contributed by atoms with Crippen LogP contribution in [0.4, 0.5) is 5.69 Å². The minimum atomic E-state index is 0.150. The highest BCUT2D eigenvalue weighted by molar-refractivity contribution is 9.10. The molecule has 1 aromatic heterocycles. The molecule has 4 nitrogen and oxygen atoms in total. The SMILES string of the molecule is CC(N)Cc1ccc(Br)cc1N(C)Cc1nccn1C. The highest BCUT2D eigenvalue weighted by atomic mass is 79.9. The molecule has 2 rings (SSSR count). The largest absolute Gasteiger partial charge is 0.367 e. The van der Waals surface area contributed by atoms with Crippen molar-refractivity contribution in [2.75, 3.05) is 11.9 Å². The molecule has 0 amide bonds. The normalized spacial score (nSPS) is 12.4. The number of anilines is 1. The van der Waals surface area contributed by atoms with Gasteiger partial charge < -0.3 is 15.2 Å². The number of rotatable bonds is 5. The van der Waals surface area contributed by atoms with E-state index >= 15 is 0 Å². The van der Waals surface area contributed by atoms with E-state index < -0.39 is 0 Å². The molecule has 0 saturated carbocycles. The summed E-state index contributed by atoms with van der Waals surface area (Å²) in [5.74, 6) is 1.04. The van der Waals surface area contributed by atoms with Crippen LogP contribution in [0.3, 0.4) is 0 Å². The molecule has 1 atom stereocenters. The first kappa shape index (κ1) is 15.1. The summed E-state index contributed by atoms with van der Waals surface area (Å²) in [5.41, 5.74) is 8.40. The quantitative estimate of drug-likeness (QED) is 0.913. The van der Waals surface area contributed by atoms with Gasteiger partial charge in [-0.05, 0) is 31.0 Å². The lowest BCUT2D eigenvalue weighted by atomic mass is 10.0. The Morgan fingerprint density at radius 3 is 2.80 bits per heavy atom. The average Bonchev–Trinajstić information content (AvgIpc) is 2.76. The van der Waals surface area contributed by atoms with Gasteiger partial charge in [0.15, 0.2) is 0 Å². The fourth-order valence-corrected chi connectivity index (χ4v) is 2.61. The number of hydrogen-bond donors (Lipinski definition) is 1. The second-order valence-corrected chi connectivity index (χ2v) is 6.18. The average molecular weight is 337 g/mol. The van der Waals surface area contributed by atoms with Crippen molar-refractivity contribution in [2.24, 2.45) is 12.8 Å². The summed E-state index contributed by atoms with van der Waals surface area (Å²) >= 11 is 3.54. The summed E-state index contributed by atoms with van der Waals surface area (Å²) in [5, 5.41) is 0. The molecule has 2 N–H and O–H groups in total. The Bertz CT molecular complexity index is 577. The second-order valence-electron chi connectivity index (χ2n) is 5.26. The van der Waals surface area contributed by atoms with E-state index in [-0.39, 0.29) is 6.04 Å². The zero-order valence-electron chi connectivity index (χ0n) is 12.2. The summed E-state index contributed by atoms with van der Waals surface area (Å²) < 4.78 is 3.12. The Morgan fingerprint density at radius 2 is 2.20 bits per heavy atom. The molecule has 1 aromatic carbocycles. The first-order chi connectivity index (χ1) is 9.47. The minimum absolute atomic E-state index is 0.150. The second kappa shape index (κ2) is 6.41. The molecule has 0 bridgehead atoms. The Hall–Kier alpha value is -1.33. The van der Waals surface area contributed by atoms with Crippen LogP contribution in [0.25, 0.3) is 0 Å². The van der Waals surface area contributed by atoms with Crippen molar-refractivity contribution in [3.63, 3.8) is 0 Å². The fraction of sp³-hybridized carbons (Fsp3) is 0.400. The molecule has 0 aliphatic carbocycles. The van der Waals surface area contributed by atoms with Crippen molar-refractivity contribution in [1.82, 2.24) is 9.55 Å². The molecule has 1 unspecified atom stereocenters. The van der Waals surface area contributed by atoms with E-state index in [4.69, 9.17) is 5.73 Å². The zero-order valence-corrected chi connectivity index (χ0v) is 13.8. The van der Waals surface area contributed by atoms with Crippen molar-refractivity contribution in [3.8, 4) is 0 Å². The third-order valence-corrected chi connectivity index (χ3v) is 3.79. The zero-order chi connectivity index (χ0) is 14.7. The molecule has 0 saturated heterocycles. The van der Waals surface area contributed by atoms with Crippen LogP contribution in [0.15, 0.2) is 35.1 Å². The van der Waals surface area contributed by atoms with Crippen LogP contribution >= 0.6 is 15.9 Å². The molecule has 0 fully saturated rings. The van der Waals surface area contributed by atoms with Gasteiger partial charge in [-0.15, -0.1) is 0 Å². The van der Waals surface area contributed by atoms with Crippen LogP contribution in [0, 0.1) is 0 Å². The predicted octanol–water partition coefficient (Wildman–Crippen LogP) is 2.71. The summed E-state index contributed by atoms with van der Waals surface area (Å²) in [6.45, 7) is 2.80. The van der Waals surface area contributed by atoms with Gasteiger partial charge in [0.1, 0.15) is 5.82 Å². The van der Waals surface area contributed by atoms with Crippen molar-refractivity contribution in [1.29, 1.82) is 0 Å². The van der Waals surface area contributed by atoms with Crippen molar-refractivity contribution >= 4 is 21.6 Å². The summed E-state index contributed by atoms with van der Waals surface area (Å²) in [7, 11) is 4.10. The van der Waals surface area contributed by atoms with Crippen LogP contribution in [0.1, 0.15) is 18.3 Å². The van der Waals surface area contributed by atoms with Gasteiger partial charge in [-0.2, -0.15) is 0 Å². The number of benzene rings is 1. The first-order valence-electron chi connectivity index (χ1n) is 6.68. The number of halogens is 1. The van der Waals surface area contributed by atoms with Crippen molar-refractivity contribution in [2.45, 2.75) is 25.9 Å². The number of aromatic nitrogens is 2. The third kappa shape index (κ3) is 3.61. The Kier molecular flexibility index (Phi) is 4.83. The lowest BCUT2D eigenvalue weighted by Gasteiger charge is -2.23. The van der Waals surface area contributed by atoms with E-state index in [9.17, 15) is 0 Å². The van der Waals surface area contributed by atoms with E-state index in [2.05, 4.69) is 51.1 Å². The van der Waals surface area contributed by atoms with E-state index in [1.54, 1.807) is 0 Å². The van der Waals surface area contributed by atoms with Gasteiger partial charge in [-0.25, -0.2) is 4.98 Å². The topological polar surface area (TPSA) is 47.1 Å². The molecule has 20 heavy (non-hydrogen) atoms. The number of hydrogen-bond acceptors (Lipinski definition) is 3. The number of nitrogens with zero attached hydrogens (tertiary/aromatic N) is 3. The molecule has 2 aromatic rings. The van der Waals surface area contributed by atoms with Gasteiger partial charge >= 0.3 is 0 Å². The fourth-order valence-electron chi connectivity index (χ4n) is 2.26. The van der Waals surface area contributed by atoms with Crippen molar-refractivity contribution in [3.05, 3.63) is 46.5 Å². The molecular weight excluding hydrogens is 316 g/mol. The van der Waals surface area contributed by atoms with Crippen LogP contribution in [-0.2, 0) is 20.0 Å². The van der Waals surface area contributed by atoms with E-state index in [0.717, 1.165) is 23.3 Å². The van der Waals surface area contributed by atoms with Gasteiger partial charge in [0.05, 0.1) is 6.54 Å². The number of aryl methyl sites for hydroxylation is 1. The molecule has 0 radical (unpaired) electrons. The van der Waals surface area contributed by atoms with Crippen LogP contribution in [-0.4, -0.2) is 22.6 Å². The number of nitrogens with two attached hydrogens (primary N) is 1. The van der Waals surface area contributed by atoms with Crippen LogP contribution in [0.5, 0.6) is 0 Å².